The lowest BCUT2D eigenvalue weighted by Gasteiger charge is -2.12. The Hall–Kier alpha value is -1.80. The number of nitrogens with one attached hydrogen (secondary N) is 1. The summed E-state index contributed by atoms with van der Waals surface area (Å²) in [5.74, 6) is 0.779. The second-order valence-electron chi connectivity index (χ2n) is 4.96. The molecule has 1 heterocycles. The van der Waals surface area contributed by atoms with Gasteiger partial charge in [-0.3, -0.25) is 0 Å². The monoisotopic (exact) mass is 343 g/mol. The Morgan fingerprint density at radius 3 is 2.32 bits per heavy atom. The molecule has 0 aliphatic heterocycles. The average molecular weight is 343 g/mol. The maximum absolute atomic E-state index is 11.9. The summed E-state index contributed by atoms with van der Waals surface area (Å²) in [5.41, 5.74) is 0.376. The Morgan fingerprint density at radius 2 is 1.77 bits per heavy atom. The minimum atomic E-state index is -3.55. The first-order valence-electron chi connectivity index (χ1n) is 6.48. The molecule has 120 valence electrons. The van der Waals surface area contributed by atoms with Crippen LogP contribution in [0.15, 0.2) is 50.8 Å². The van der Waals surface area contributed by atoms with Gasteiger partial charge in [-0.25, -0.2) is 16.8 Å². The van der Waals surface area contributed by atoms with Crippen molar-refractivity contribution in [2.24, 2.45) is 0 Å². The number of hydrogen-bond donors (Lipinski definition) is 1. The van der Waals surface area contributed by atoms with Gasteiger partial charge in [0.2, 0.25) is 0 Å². The zero-order valence-electron chi connectivity index (χ0n) is 12.2. The van der Waals surface area contributed by atoms with Gasteiger partial charge in [0.1, 0.15) is 5.76 Å². The Labute approximate surface area is 130 Å². The molecule has 0 spiro atoms. The van der Waals surface area contributed by atoms with E-state index in [1.54, 1.807) is 12.3 Å². The van der Waals surface area contributed by atoms with Crippen molar-refractivity contribution < 1.29 is 21.3 Å². The molecule has 1 aromatic heterocycles. The summed E-state index contributed by atoms with van der Waals surface area (Å²) in [4.78, 5) is -0.0561. The van der Waals surface area contributed by atoms with Crippen molar-refractivity contribution >= 4 is 25.4 Å². The molecule has 0 aliphatic carbocycles. The summed E-state index contributed by atoms with van der Waals surface area (Å²) in [7, 11) is -7.02. The average Bonchev–Trinajstić information content (AvgIpc) is 2.89. The van der Waals surface area contributed by atoms with Gasteiger partial charge in [0.25, 0.3) is 0 Å². The van der Waals surface area contributed by atoms with Crippen LogP contribution in [-0.2, 0) is 26.1 Å². The normalized spacial score (nSPS) is 12.3. The van der Waals surface area contributed by atoms with Gasteiger partial charge in [0.15, 0.2) is 19.7 Å². The van der Waals surface area contributed by atoms with Gasteiger partial charge < -0.3 is 9.73 Å². The first kappa shape index (κ1) is 16.6. The fourth-order valence-corrected chi connectivity index (χ4v) is 3.56. The van der Waals surface area contributed by atoms with Crippen LogP contribution in [0.3, 0.4) is 0 Å². The molecule has 6 nitrogen and oxygen atoms in total. The van der Waals surface area contributed by atoms with E-state index in [9.17, 15) is 16.8 Å². The van der Waals surface area contributed by atoms with Crippen LogP contribution in [0.4, 0.5) is 5.69 Å². The molecule has 1 aromatic carbocycles. The minimum Gasteiger partial charge on any atom is -0.469 e. The molecule has 2 rings (SSSR count). The SMILES string of the molecule is CS(=O)(=O)c1ccc(NCCc2ccco2)c(S(C)(=O)=O)c1. The zero-order valence-corrected chi connectivity index (χ0v) is 13.9. The van der Waals surface area contributed by atoms with Crippen molar-refractivity contribution in [1.82, 2.24) is 0 Å². The van der Waals surface area contributed by atoms with Gasteiger partial charge in [-0.15, -0.1) is 0 Å². The summed E-state index contributed by atoms with van der Waals surface area (Å²) in [5, 5.41) is 3.00. The molecule has 0 saturated carbocycles. The Balaban J connectivity index is 2.27. The van der Waals surface area contributed by atoms with Crippen molar-refractivity contribution in [3.8, 4) is 0 Å². The van der Waals surface area contributed by atoms with Crippen LogP contribution < -0.4 is 5.32 Å². The summed E-state index contributed by atoms with van der Waals surface area (Å²) in [6.45, 7) is 0.467. The van der Waals surface area contributed by atoms with E-state index in [0.717, 1.165) is 18.3 Å². The summed E-state index contributed by atoms with van der Waals surface area (Å²) in [6, 6.07) is 7.64. The van der Waals surface area contributed by atoms with E-state index >= 15 is 0 Å². The number of furan rings is 1. The lowest BCUT2D eigenvalue weighted by molar-refractivity contribution is 0.513. The fraction of sp³-hybridized carbons (Fsp3) is 0.286. The van der Waals surface area contributed by atoms with Gasteiger partial charge in [0, 0.05) is 25.5 Å². The van der Waals surface area contributed by atoms with Gasteiger partial charge in [0.05, 0.1) is 21.7 Å². The molecule has 0 unspecified atom stereocenters. The molecule has 8 heteroatoms. The lowest BCUT2D eigenvalue weighted by atomic mass is 10.3. The van der Waals surface area contributed by atoms with Crippen molar-refractivity contribution in [2.45, 2.75) is 16.2 Å². The second kappa shape index (κ2) is 6.13. The Morgan fingerprint density at radius 1 is 1.05 bits per heavy atom. The van der Waals surface area contributed by atoms with Crippen LogP contribution in [0.2, 0.25) is 0 Å². The molecule has 0 saturated heterocycles. The third kappa shape index (κ3) is 4.11. The molecule has 22 heavy (non-hydrogen) atoms. The number of benzene rings is 1. The van der Waals surface area contributed by atoms with E-state index in [1.165, 1.54) is 18.2 Å². The Kier molecular flexibility index (Phi) is 4.62. The highest BCUT2D eigenvalue weighted by Gasteiger charge is 2.17. The number of rotatable bonds is 6. The smallest absolute Gasteiger partial charge is 0.177 e. The largest absolute Gasteiger partial charge is 0.469 e. The third-order valence-electron chi connectivity index (χ3n) is 3.05. The second-order valence-corrected chi connectivity index (χ2v) is 8.96. The number of sulfone groups is 2. The topological polar surface area (TPSA) is 93.4 Å². The molecule has 2 aromatic rings. The molecule has 0 aliphatic rings. The van der Waals surface area contributed by atoms with Crippen molar-refractivity contribution in [1.29, 1.82) is 0 Å². The molecular formula is C14H17NO5S2. The van der Waals surface area contributed by atoms with Crippen LogP contribution in [0, 0.1) is 0 Å². The molecule has 0 bridgehead atoms. The first-order valence-corrected chi connectivity index (χ1v) is 10.3. The van der Waals surface area contributed by atoms with Gasteiger partial charge >= 0.3 is 0 Å². The van der Waals surface area contributed by atoms with Crippen LogP contribution in [0.25, 0.3) is 0 Å². The molecule has 0 atom stereocenters. The zero-order chi connectivity index (χ0) is 16.4. The van der Waals surface area contributed by atoms with Crippen LogP contribution in [-0.4, -0.2) is 35.9 Å². The van der Waals surface area contributed by atoms with Gasteiger partial charge in [-0.2, -0.15) is 0 Å². The van der Waals surface area contributed by atoms with E-state index in [2.05, 4.69) is 5.32 Å². The van der Waals surface area contributed by atoms with Crippen LogP contribution >= 0.6 is 0 Å². The van der Waals surface area contributed by atoms with E-state index in [-0.39, 0.29) is 9.79 Å². The molecule has 0 radical (unpaired) electrons. The fourth-order valence-electron chi connectivity index (χ4n) is 1.96. The highest BCUT2D eigenvalue weighted by Crippen LogP contribution is 2.25. The first-order chi connectivity index (χ1) is 10.2. The van der Waals surface area contributed by atoms with E-state index in [4.69, 9.17) is 4.42 Å². The highest BCUT2D eigenvalue weighted by atomic mass is 32.2. The van der Waals surface area contributed by atoms with Gasteiger partial charge in [-0.1, -0.05) is 0 Å². The lowest BCUT2D eigenvalue weighted by Crippen LogP contribution is -2.10. The quantitative estimate of drug-likeness (QED) is 0.859. The standard InChI is InChI=1S/C14H17NO5S2/c1-21(16,17)12-5-6-13(14(10-12)22(2,18)19)15-8-7-11-4-3-9-20-11/h3-6,9-10,15H,7-8H2,1-2H3. The third-order valence-corrected chi connectivity index (χ3v) is 5.29. The molecular weight excluding hydrogens is 326 g/mol. The van der Waals surface area contributed by atoms with E-state index in [1.807, 2.05) is 6.07 Å². The number of hydrogen-bond acceptors (Lipinski definition) is 6. The summed E-state index contributed by atoms with van der Waals surface area (Å²) in [6.07, 6.45) is 4.24. The van der Waals surface area contributed by atoms with Crippen molar-refractivity contribution in [3.63, 3.8) is 0 Å². The minimum absolute atomic E-state index is 0.0236. The van der Waals surface area contributed by atoms with Crippen molar-refractivity contribution in [3.05, 3.63) is 42.4 Å². The summed E-state index contributed by atoms with van der Waals surface area (Å²) < 4.78 is 52.1. The number of anilines is 1. The summed E-state index contributed by atoms with van der Waals surface area (Å²) >= 11 is 0. The van der Waals surface area contributed by atoms with E-state index in [0.29, 0.717) is 18.7 Å². The maximum atomic E-state index is 11.9. The van der Waals surface area contributed by atoms with Crippen LogP contribution in [0.1, 0.15) is 5.76 Å². The highest BCUT2D eigenvalue weighted by molar-refractivity contribution is 7.91. The molecule has 1 N–H and O–H groups in total. The molecule has 0 amide bonds. The van der Waals surface area contributed by atoms with Crippen molar-refractivity contribution in [2.75, 3.05) is 24.4 Å². The predicted molar refractivity (Wildman–Crippen MR) is 83.6 cm³/mol. The van der Waals surface area contributed by atoms with Crippen LogP contribution in [0.5, 0.6) is 0 Å². The maximum Gasteiger partial charge on any atom is 0.177 e. The van der Waals surface area contributed by atoms with E-state index < -0.39 is 19.7 Å². The Bertz CT molecular complexity index is 853. The predicted octanol–water partition coefficient (Wildman–Crippen LogP) is 1.74. The van der Waals surface area contributed by atoms with Gasteiger partial charge in [-0.05, 0) is 30.3 Å². The molecule has 0 fully saturated rings.